The van der Waals surface area contributed by atoms with Gasteiger partial charge in [0, 0.05) is 17.8 Å². The maximum Gasteiger partial charge on any atom is 0.435 e. The molecule has 3 aromatic carbocycles. The van der Waals surface area contributed by atoms with Gasteiger partial charge in [-0.3, -0.25) is 0 Å². The summed E-state index contributed by atoms with van der Waals surface area (Å²) in [5.41, 5.74) is 1.09. The Kier molecular flexibility index (Phi) is 7.35. The molecule has 0 fully saturated rings. The van der Waals surface area contributed by atoms with E-state index >= 15 is 0 Å². The molecule has 4 rings (SSSR count). The molecular formula is C26H23F3N4O3S. The van der Waals surface area contributed by atoms with E-state index < -0.39 is 27.9 Å². The molecule has 0 atom stereocenters. The fourth-order valence-electron chi connectivity index (χ4n) is 3.84. The van der Waals surface area contributed by atoms with Crippen LogP contribution in [0.2, 0.25) is 0 Å². The second kappa shape index (κ2) is 10.5. The van der Waals surface area contributed by atoms with Crippen LogP contribution in [-0.4, -0.2) is 30.8 Å². The Bertz CT molecular complexity index is 1490. The summed E-state index contributed by atoms with van der Waals surface area (Å²) in [6.07, 6.45) is -4.25. The molecule has 2 N–H and O–H groups in total. The van der Waals surface area contributed by atoms with Crippen LogP contribution < -0.4 is 10.0 Å². The highest BCUT2D eigenvalue weighted by Crippen LogP contribution is 2.39. The lowest BCUT2D eigenvalue weighted by Crippen LogP contribution is -2.40. The van der Waals surface area contributed by atoms with Crippen LogP contribution in [0.5, 0.6) is 0 Å². The number of carbonyl (C=O) groups excluding carboxylic acids is 1. The lowest BCUT2D eigenvalue weighted by atomic mass is 10.0. The Balaban J connectivity index is 1.44. The van der Waals surface area contributed by atoms with Gasteiger partial charge < -0.3 is 5.32 Å². The van der Waals surface area contributed by atoms with E-state index in [9.17, 15) is 26.4 Å². The van der Waals surface area contributed by atoms with E-state index in [0.717, 1.165) is 5.56 Å². The molecular weight excluding hydrogens is 505 g/mol. The normalized spacial score (nSPS) is 11.8. The molecule has 37 heavy (non-hydrogen) atoms. The van der Waals surface area contributed by atoms with Gasteiger partial charge in [-0.15, -0.1) is 0 Å². The quantitative estimate of drug-likeness (QED) is 0.349. The number of hydrogen-bond acceptors (Lipinski definition) is 4. The third-order valence-corrected chi connectivity index (χ3v) is 6.95. The van der Waals surface area contributed by atoms with Gasteiger partial charge in [0.15, 0.2) is 5.69 Å². The van der Waals surface area contributed by atoms with Crippen molar-refractivity contribution in [1.29, 1.82) is 0 Å². The van der Waals surface area contributed by atoms with Crippen molar-refractivity contribution in [2.24, 2.45) is 0 Å². The van der Waals surface area contributed by atoms with Gasteiger partial charge in [-0.2, -0.15) is 18.3 Å². The molecule has 7 nitrogen and oxygen atoms in total. The summed E-state index contributed by atoms with van der Waals surface area (Å²) in [6, 6.07) is 21.7. The Labute approximate surface area is 212 Å². The average molecular weight is 529 g/mol. The Morgan fingerprint density at radius 3 is 2.11 bits per heavy atom. The van der Waals surface area contributed by atoms with Crippen molar-refractivity contribution in [2.45, 2.75) is 24.4 Å². The lowest BCUT2D eigenvalue weighted by molar-refractivity contribution is -0.140. The van der Waals surface area contributed by atoms with Crippen molar-refractivity contribution in [1.82, 2.24) is 19.8 Å². The third-order valence-electron chi connectivity index (χ3n) is 5.61. The molecule has 0 spiro atoms. The van der Waals surface area contributed by atoms with Crippen LogP contribution in [0.25, 0.3) is 16.8 Å². The van der Waals surface area contributed by atoms with Crippen molar-refractivity contribution >= 4 is 16.1 Å². The second-order valence-electron chi connectivity index (χ2n) is 8.18. The van der Waals surface area contributed by atoms with Gasteiger partial charge in [0.2, 0.25) is 0 Å². The number of rotatable bonds is 7. The minimum atomic E-state index is -4.62. The summed E-state index contributed by atoms with van der Waals surface area (Å²) in [5, 5.41) is 6.36. The topological polar surface area (TPSA) is 93.1 Å². The number of halogens is 3. The zero-order valence-corrected chi connectivity index (χ0v) is 20.5. The number of benzene rings is 3. The number of alkyl halides is 3. The highest BCUT2D eigenvalue weighted by molar-refractivity contribution is 7.90. The molecule has 1 heterocycles. The summed E-state index contributed by atoms with van der Waals surface area (Å²) in [4.78, 5) is 12.0. The van der Waals surface area contributed by atoms with Crippen molar-refractivity contribution in [2.75, 3.05) is 6.54 Å². The van der Waals surface area contributed by atoms with Crippen LogP contribution in [0.15, 0.2) is 89.8 Å². The van der Waals surface area contributed by atoms with Crippen molar-refractivity contribution in [3.8, 4) is 16.8 Å². The monoisotopic (exact) mass is 528 g/mol. The molecule has 0 radical (unpaired) electrons. The van der Waals surface area contributed by atoms with E-state index in [4.69, 9.17) is 0 Å². The first-order chi connectivity index (χ1) is 17.6. The van der Waals surface area contributed by atoms with Crippen LogP contribution in [-0.2, 0) is 22.6 Å². The van der Waals surface area contributed by atoms with Crippen LogP contribution in [0.1, 0.15) is 17.0 Å². The van der Waals surface area contributed by atoms with Crippen LogP contribution in [0, 0.1) is 6.92 Å². The highest BCUT2D eigenvalue weighted by atomic mass is 32.2. The van der Waals surface area contributed by atoms with Gasteiger partial charge in [-0.25, -0.2) is 22.6 Å². The average Bonchev–Trinajstić information content (AvgIpc) is 3.23. The maximum absolute atomic E-state index is 13.8. The van der Waals surface area contributed by atoms with E-state index in [-0.39, 0.29) is 17.0 Å². The molecule has 0 bridgehead atoms. The molecule has 1 aromatic heterocycles. The maximum atomic E-state index is 13.8. The van der Waals surface area contributed by atoms with Crippen LogP contribution >= 0.6 is 0 Å². The Morgan fingerprint density at radius 1 is 0.919 bits per heavy atom. The number of hydrogen-bond donors (Lipinski definition) is 2. The fourth-order valence-corrected chi connectivity index (χ4v) is 4.79. The molecule has 0 saturated heterocycles. The van der Waals surface area contributed by atoms with Gasteiger partial charge in [0.05, 0.1) is 10.6 Å². The van der Waals surface area contributed by atoms with Crippen molar-refractivity contribution in [3.63, 3.8) is 0 Å². The van der Waals surface area contributed by atoms with Gasteiger partial charge in [0.1, 0.15) is 0 Å². The van der Waals surface area contributed by atoms with E-state index in [1.807, 2.05) is 4.72 Å². The van der Waals surface area contributed by atoms with E-state index in [1.54, 1.807) is 79.7 Å². The Morgan fingerprint density at radius 2 is 1.51 bits per heavy atom. The van der Waals surface area contributed by atoms with Crippen molar-refractivity contribution in [3.05, 3.63) is 102 Å². The molecule has 0 aliphatic heterocycles. The molecule has 4 aromatic rings. The van der Waals surface area contributed by atoms with Gasteiger partial charge in [-0.05, 0) is 48.7 Å². The van der Waals surface area contributed by atoms with Gasteiger partial charge in [0.25, 0.3) is 10.0 Å². The van der Waals surface area contributed by atoms with Crippen molar-refractivity contribution < 1.29 is 26.4 Å². The van der Waals surface area contributed by atoms with Crippen LogP contribution in [0.3, 0.4) is 0 Å². The molecule has 0 unspecified atom stereocenters. The highest BCUT2D eigenvalue weighted by Gasteiger charge is 2.39. The zero-order chi connectivity index (χ0) is 26.6. The summed E-state index contributed by atoms with van der Waals surface area (Å²) in [6.45, 7) is 1.73. The first-order valence-corrected chi connectivity index (χ1v) is 12.7. The smallest absolute Gasteiger partial charge is 0.337 e. The van der Waals surface area contributed by atoms with Gasteiger partial charge in [-0.1, -0.05) is 60.7 Å². The molecule has 2 amide bonds. The van der Waals surface area contributed by atoms with Crippen LogP contribution in [0.4, 0.5) is 18.0 Å². The molecule has 0 aliphatic rings. The molecule has 0 saturated carbocycles. The number of aromatic nitrogens is 2. The minimum absolute atomic E-state index is 0.0258. The molecule has 192 valence electrons. The number of urea groups is 1. The summed E-state index contributed by atoms with van der Waals surface area (Å²) < 4.78 is 68.9. The van der Waals surface area contributed by atoms with E-state index in [0.29, 0.717) is 23.4 Å². The third kappa shape index (κ3) is 6.00. The summed E-state index contributed by atoms with van der Waals surface area (Å²) in [7, 11) is -3.98. The first kappa shape index (κ1) is 26.0. The second-order valence-corrected chi connectivity index (χ2v) is 9.86. The SMILES string of the molecule is Cc1c(-c2ccccc2)c(C(F)(F)F)nn1-c1ccc(CCNC(=O)NS(=O)(=O)c2ccccc2)cc1. The van der Waals surface area contributed by atoms with E-state index in [2.05, 4.69) is 10.4 Å². The lowest BCUT2D eigenvalue weighted by Gasteiger charge is -2.09. The predicted molar refractivity (Wildman–Crippen MR) is 133 cm³/mol. The number of nitrogens with zero attached hydrogens (tertiary/aromatic N) is 2. The summed E-state index contributed by atoms with van der Waals surface area (Å²) in [5.74, 6) is 0. The standard InChI is InChI=1S/C26H23F3N4O3S/c1-18-23(20-8-4-2-5-9-20)24(26(27,28)29)31-33(18)21-14-12-19(13-15-21)16-17-30-25(34)32-37(35,36)22-10-6-3-7-11-22/h2-15H,16-17H2,1H3,(H2,30,32,34). The Hall–Kier alpha value is -4.12. The molecule has 0 aliphatic carbocycles. The number of amides is 2. The number of nitrogens with one attached hydrogen (secondary N) is 2. The summed E-state index contributed by atoms with van der Waals surface area (Å²) >= 11 is 0. The predicted octanol–water partition coefficient (Wildman–Crippen LogP) is 5.10. The first-order valence-electron chi connectivity index (χ1n) is 11.2. The molecule has 11 heteroatoms. The largest absolute Gasteiger partial charge is 0.435 e. The minimum Gasteiger partial charge on any atom is -0.337 e. The van der Waals surface area contributed by atoms with E-state index in [1.165, 1.54) is 16.8 Å². The van der Waals surface area contributed by atoms with Gasteiger partial charge >= 0.3 is 12.2 Å². The fraction of sp³-hybridized carbons (Fsp3) is 0.154. The number of sulfonamides is 1. The number of carbonyl (C=O) groups is 1. The zero-order valence-electron chi connectivity index (χ0n) is 19.7.